The van der Waals surface area contributed by atoms with Crippen molar-refractivity contribution >= 4 is 5.95 Å². The van der Waals surface area contributed by atoms with Crippen molar-refractivity contribution in [3.63, 3.8) is 0 Å². The van der Waals surface area contributed by atoms with E-state index in [0.717, 1.165) is 30.5 Å². The molecule has 1 N–H and O–H groups in total. The lowest BCUT2D eigenvalue weighted by Crippen LogP contribution is -2.14. The zero-order valence-electron chi connectivity index (χ0n) is 12.5. The molecule has 0 amide bonds. The van der Waals surface area contributed by atoms with Gasteiger partial charge in [0.2, 0.25) is 5.95 Å². The third kappa shape index (κ3) is 4.10. The first-order chi connectivity index (χ1) is 9.66. The molecule has 4 heteroatoms. The molecule has 0 aliphatic carbocycles. The van der Waals surface area contributed by atoms with Crippen LogP contribution in [0.15, 0.2) is 36.5 Å². The van der Waals surface area contributed by atoms with E-state index in [4.69, 9.17) is 4.74 Å². The second kappa shape index (κ2) is 7.10. The highest BCUT2D eigenvalue weighted by Gasteiger charge is 2.06. The Hall–Kier alpha value is -1.81. The number of rotatable bonds is 7. The van der Waals surface area contributed by atoms with Crippen LogP contribution in [0.5, 0.6) is 0 Å². The van der Waals surface area contributed by atoms with Gasteiger partial charge in [0.15, 0.2) is 0 Å². The van der Waals surface area contributed by atoms with Crippen LogP contribution in [0.4, 0.5) is 5.95 Å². The molecule has 0 atom stereocenters. The maximum absolute atomic E-state index is 5.57. The van der Waals surface area contributed by atoms with Crippen molar-refractivity contribution in [2.24, 2.45) is 5.92 Å². The Morgan fingerprint density at radius 2 is 2.00 bits per heavy atom. The maximum Gasteiger partial charge on any atom is 0.207 e. The molecule has 0 radical (unpaired) electrons. The number of benzene rings is 1. The Balaban J connectivity index is 1.95. The third-order valence-electron chi connectivity index (χ3n) is 2.84. The predicted molar refractivity (Wildman–Crippen MR) is 82.4 cm³/mol. The van der Waals surface area contributed by atoms with Crippen LogP contribution in [0.1, 0.15) is 19.5 Å². The Kier molecular flexibility index (Phi) is 5.18. The molecule has 2 aromatic rings. The minimum Gasteiger partial charge on any atom is -0.379 e. The highest BCUT2D eigenvalue weighted by molar-refractivity contribution is 5.42. The van der Waals surface area contributed by atoms with Gasteiger partial charge in [0, 0.05) is 25.0 Å². The van der Waals surface area contributed by atoms with Crippen LogP contribution in [-0.2, 0) is 4.74 Å². The Morgan fingerprint density at radius 3 is 2.70 bits per heavy atom. The van der Waals surface area contributed by atoms with Crippen molar-refractivity contribution in [2.45, 2.75) is 20.8 Å². The van der Waals surface area contributed by atoms with Gasteiger partial charge in [0.1, 0.15) is 0 Å². The number of nitrogens with one attached hydrogen (secondary N) is 1. The molecule has 0 aliphatic rings. The molecule has 0 spiro atoms. The van der Waals surface area contributed by atoms with Crippen molar-refractivity contribution in [3.05, 3.63) is 42.2 Å². The number of para-hydroxylation sites is 1. The van der Waals surface area contributed by atoms with Gasteiger partial charge in [-0.05, 0) is 25.0 Å². The van der Waals surface area contributed by atoms with E-state index in [1.807, 2.05) is 31.3 Å². The molecule has 0 aliphatic heterocycles. The lowest BCUT2D eigenvalue weighted by atomic mass is 10.2. The minimum absolute atomic E-state index is 0.573. The number of hydrogen-bond acceptors (Lipinski definition) is 3. The summed E-state index contributed by atoms with van der Waals surface area (Å²) in [4.78, 5) is 4.52. The number of hydrogen-bond donors (Lipinski definition) is 1. The fourth-order valence-corrected chi connectivity index (χ4v) is 1.96. The Bertz CT molecular complexity index is 520. The summed E-state index contributed by atoms with van der Waals surface area (Å²) in [7, 11) is 0. The number of nitrogens with zero attached hydrogens (tertiary/aromatic N) is 2. The highest BCUT2D eigenvalue weighted by atomic mass is 16.5. The summed E-state index contributed by atoms with van der Waals surface area (Å²) in [6, 6.07) is 10.2. The smallest absolute Gasteiger partial charge is 0.207 e. The van der Waals surface area contributed by atoms with Gasteiger partial charge in [-0.25, -0.2) is 4.98 Å². The number of ether oxygens (including phenoxy) is 1. The van der Waals surface area contributed by atoms with Crippen LogP contribution in [-0.4, -0.2) is 29.3 Å². The summed E-state index contributed by atoms with van der Waals surface area (Å²) in [5.41, 5.74) is 2.11. The summed E-state index contributed by atoms with van der Waals surface area (Å²) in [5.74, 6) is 1.44. The van der Waals surface area contributed by atoms with E-state index in [1.165, 1.54) is 0 Å². The monoisotopic (exact) mass is 273 g/mol. The molecule has 108 valence electrons. The molecule has 1 heterocycles. The van der Waals surface area contributed by atoms with Gasteiger partial charge < -0.3 is 10.1 Å². The zero-order chi connectivity index (χ0) is 14.4. The molecule has 1 aromatic carbocycles. The largest absolute Gasteiger partial charge is 0.379 e. The Labute approximate surface area is 120 Å². The second-order valence-corrected chi connectivity index (χ2v) is 5.31. The van der Waals surface area contributed by atoms with E-state index in [2.05, 4.69) is 40.8 Å². The SMILES string of the molecule is Cc1cn(-c2ccccc2)c(NCCOCC(C)C)n1. The lowest BCUT2D eigenvalue weighted by Gasteiger charge is -2.10. The van der Waals surface area contributed by atoms with Crippen LogP contribution in [0.3, 0.4) is 0 Å². The number of aromatic nitrogens is 2. The summed E-state index contributed by atoms with van der Waals surface area (Å²) in [6.45, 7) is 8.56. The van der Waals surface area contributed by atoms with E-state index >= 15 is 0 Å². The summed E-state index contributed by atoms with van der Waals surface area (Å²) in [6.07, 6.45) is 2.03. The van der Waals surface area contributed by atoms with Gasteiger partial charge in [-0.1, -0.05) is 32.0 Å². The summed E-state index contributed by atoms with van der Waals surface area (Å²) in [5, 5.41) is 3.33. The number of anilines is 1. The predicted octanol–water partition coefficient (Wildman–Crippen LogP) is 3.27. The quantitative estimate of drug-likeness (QED) is 0.787. The first-order valence-corrected chi connectivity index (χ1v) is 7.10. The van der Waals surface area contributed by atoms with Crippen molar-refractivity contribution < 1.29 is 4.74 Å². The van der Waals surface area contributed by atoms with E-state index in [-0.39, 0.29) is 0 Å². The van der Waals surface area contributed by atoms with Crippen LogP contribution >= 0.6 is 0 Å². The average molecular weight is 273 g/mol. The van der Waals surface area contributed by atoms with Gasteiger partial charge in [-0.15, -0.1) is 0 Å². The number of imidazole rings is 1. The summed E-state index contributed by atoms with van der Waals surface area (Å²) < 4.78 is 7.64. The van der Waals surface area contributed by atoms with E-state index in [0.29, 0.717) is 12.5 Å². The average Bonchev–Trinajstić information content (AvgIpc) is 2.80. The van der Waals surface area contributed by atoms with Crippen LogP contribution in [0, 0.1) is 12.8 Å². The fourth-order valence-electron chi connectivity index (χ4n) is 1.96. The molecule has 20 heavy (non-hydrogen) atoms. The van der Waals surface area contributed by atoms with Gasteiger partial charge in [-0.3, -0.25) is 4.57 Å². The zero-order valence-corrected chi connectivity index (χ0v) is 12.5. The van der Waals surface area contributed by atoms with Crippen molar-refractivity contribution in [2.75, 3.05) is 25.1 Å². The van der Waals surface area contributed by atoms with Crippen molar-refractivity contribution in [1.29, 1.82) is 0 Å². The van der Waals surface area contributed by atoms with E-state index < -0.39 is 0 Å². The molecule has 2 rings (SSSR count). The normalized spacial score (nSPS) is 11.0. The standard InChI is InChI=1S/C16H23N3O/c1-13(2)12-20-10-9-17-16-18-14(3)11-19(16)15-7-5-4-6-8-15/h4-8,11,13H,9-10,12H2,1-3H3,(H,17,18). The fraction of sp³-hybridized carbons (Fsp3) is 0.438. The Morgan fingerprint density at radius 1 is 1.25 bits per heavy atom. The van der Waals surface area contributed by atoms with E-state index in [9.17, 15) is 0 Å². The molecular formula is C16H23N3O. The molecule has 0 bridgehead atoms. The molecule has 0 unspecified atom stereocenters. The van der Waals surface area contributed by atoms with Gasteiger partial charge in [0.25, 0.3) is 0 Å². The van der Waals surface area contributed by atoms with Crippen LogP contribution < -0.4 is 5.32 Å². The molecule has 0 saturated heterocycles. The molecule has 4 nitrogen and oxygen atoms in total. The second-order valence-electron chi connectivity index (χ2n) is 5.31. The first-order valence-electron chi connectivity index (χ1n) is 7.10. The first kappa shape index (κ1) is 14.6. The van der Waals surface area contributed by atoms with Gasteiger partial charge in [0.05, 0.1) is 12.3 Å². The number of aryl methyl sites for hydroxylation is 1. The maximum atomic E-state index is 5.57. The third-order valence-corrected chi connectivity index (χ3v) is 2.84. The van der Waals surface area contributed by atoms with Crippen LogP contribution in [0.25, 0.3) is 5.69 Å². The lowest BCUT2D eigenvalue weighted by molar-refractivity contribution is 0.118. The highest BCUT2D eigenvalue weighted by Crippen LogP contribution is 2.15. The molecule has 0 saturated carbocycles. The van der Waals surface area contributed by atoms with Crippen LogP contribution in [0.2, 0.25) is 0 Å². The van der Waals surface area contributed by atoms with Gasteiger partial charge in [-0.2, -0.15) is 0 Å². The molecule has 1 aromatic heterocycles. The molecule has 0 fully saturated rings. The van der Waals surface area contributed by atoms with Crippen molar-refractivity contribution in [1.82, 2.24) is 9.55 Å². The topological polar surface area (TPSA) is 39.1 Å². The van der Waals surface area contributed by atoms with Crippen molar-refractivity contribution in [3.8, 4) is 5.69 Å². The molecular weight excluding hydrogens is 250 g/mol. The summed E-state index contributed by atoms with van der Waals surface area (Å²) >= 11 is 0. The van der Waals surface area contributed by atoms with E-state index in [1.54, 1.807) is 0 Å². The minimum atomic E-state index is 0.573. The van der Waals surface area contributed by atoms with Gasteiger partial charge >= 0.3 is 0 Å².